The molecule has 4 rings (SSSR count). The molecule has 0 bridgehead atoms. The van der Waals surface area contributed by atoms with E-state index in [0.717, 1.165) is 49.9 Å². The topological polar surface area (TPSA) is 9.72 Å². The number of hydrogen-bond donors (Lipinski definition) is 0. The van der Waals surface area contributed by atoms with Gasteiger partial charge >= 0.3 is 0 Å². The zero-order chi connectivity index (χ0) is 17.8. The lowest BCUT2D eigenvalue weighted by atomic mass is 9.95. The van der Waals surface area contributed by atoms with E-state index in [1.165, 1.54) is 64.6 Å². The second-order valence-corrected chi connectivity index (χ2v) is 8.56. The van der Waals surface area contributed by atoms with Crippen molar-refractivity contribution < 1.29 is 4.39 Å². The lowest BCUT2D eigenvalue weighted by Crippen LogP contribution is -2.38. The average Bonchev–Trinajstić information content (AvgIpc) is 3.17. The molecule has 4 heteroatoms. The van der Waals surface area contributed by atoms with Crippen molar-refractivity contribution in [2.45, 2.75) is 51.5 Å². The first-order valence-electron chi connectivity index (χ1n) is 10.8. The average molecular weight is 360 g/mol. The van der Waals surface area contributed by atoms with E-state index < -0.39 is 0 Å². The number of hydrogen-bond acceptors (Lipinski definition) is 3. The molecule has 0 atom stereocenters. The number of anilines is 1. The zero-order valence-electron chi connectivity index (χ0n) is 16.1. The highest BCUT2D eigenvalue weighted by molar-refractivity contribution is 5.49. The summed E-state index contributed by atoms with van der Waals surface area (Å²) >= 11 is 0. The molecule has 0 aromatic heterocycles. The SMILES string of the molecule is Fc1cc(CN2CCCCC2)ccc1N1CCC(CN2CCCC2)CC1. The molecule has 1 aromatic carbocycles. The molecule has 3 fully saturated rings. The fourth-order valence-electron chi connectivity index (χ4n) is 4.97. The number of piperidine rings is 2. The Balaban J connectivity index is 1.30. The molecule has 3 heterocycles. The minimum absolute atomic E-state index is 0.0301. The molecule has 0 unspecified atom stereocenters. The van der Waals surface area contributed by atoms with Crippen LogP contribution >= 0.6 is 0 Å². The predicted octanol–water partition coefficient (Wildman–Crippen LogP) is 4.12. The van der Waals surface area contributed by atoms with Crippen LogP contribution < -0.4 is 4.90 Å². The van der Waals surface area contributed by atoms with Crippen LogP contribution in [0.3, 0.4) is 0 Å². The number of rotatable bonds is 5. The van der Waals surface area contributed by atoms with E-state index in [4.69, 9.17) is 0 Å². The fraction of sp³-hybridized carbons (Fsp3) is 0.727. The van der Waals surface area contributed by atoms with Gasteiger partial charge in [-0.3, -0.25) is 4.90 Å². The van der Waals surface area contributed by atoms with Gasteiger partial charge in [-0.05, 0) is 88.3 Å². The summed E-state index contributed by atoms with van der Waals surface area (Å²) in [5.41, 5.74) is 1.93. The van der Waals surface area contributed by atoms with Crippen molar-refractivity contribution in [2.75, 3.05) is 50.7 Å². The maximum absolute atomic E-state index is 14.7. The molecule has 0 saturated carbocycles. The predicted molar refractivity (Wildman–Crippen MR) is 106 cm³/mol. The first-order valence-corrected chi connectivity index (χ1v) is 10.8. The van der Waals surface area contributed by atoms with E-state index >= 15 is 0 Å². The van der Waals surface area contributed by atoms with Crippen molar-refractivity contribution >= 4 is 5.69 Å². The fourth-order valence-corrected chi connectivity index (χ4v) is 4.97. The number of benzene rings is 1. The van der Waals surface area contributed by atoms with Crippen LogP contribution in [0.25, 0.3) is 0 Å². The largest absolute Gasteiger partial charge is 0.369 e. The number of likely N-dealkylation sites (tertiary alicyclic amines) is 2. The molecule has 0 amide bonds. The summed E-state index contributed by atoms with van der Waals surface area (Å²) in [6.45, 7) is 9.05. The summed E-state index contributed by atoms with van der Waals surface area (Å²) in [4.78, 5) is 7.35. The minimum Gasteiger partial charge on any atom is -0.369 e. The van der Waals surface area contributed by atoms with Crippen LogP contribution in [0.15, 0.2) is 18.2 Å². The minimum atomic E-state index is -0.0301. The Kier molecular flexibility index (Phi) is 6.11. The van der Waals surface area contributed by atoms with Gasteiger partial charge in [-0.15, -0.1) is 0 Å². The van der Waals surface area contributed by atoms with Crippen LogP contribution in [0.2, 0.25) is 0 Å². The van der Waals surface area contributed by atoms with E-state index in [0.29, 0.717) is 0 Å². The van der Waals surface area contributed by atoms with Gasteiger partial charge in [-0.1, -0.05) is 12.5 Å². The summed E-state index contributed by atoms with van der Waals surface area (Å²) in [5.74, 6) is 0.767. The second-order valence-electron chi connectivity index (χ2n) is 8.56. The van der Waals surface area contributed by atoms with Crippen molar-refractivity contribution in [2.24, 2.45) is 5.92 Å². The van der Waals surface area contributed by atoms with Gasteiger partial charge < -0.3 is 9.80 Å². The molecule has 3 aliphatic heterocycles. The zero-order valence-corrected chi connectivity index (χ0v) is 16.1. The molecule has 3 saturated heterocycles. The molecule has 0 spiro atoms. The highest BCUT2D eigenvalue weighted by Crippen LogP contribution is 2.28. The van der Waals surface area contributed by atoms with Crippen molar-refractivity contribution in [1.82, 2.24) is 9.80 Å². The molecule has 3 nitrogen and oxygen atoms in total. The Labute approximate surface area is 158 Å². The smallest absolute Gasteiger partial charge is 0.146 e. The lowest BCUT2D eigenvalue weighted by Gasteiger charge is -2.35. The molecular weight excluding hydrogens is 325 g/mol. The van der Waals surface area contributed by atoms with Gasteiger partial charge in [-0.25, -0.2) is 4.39 Å². The quantitative estimate of drug-likeness (QED) is 0.783. The highest BCUT2D eigenvalue weighted by Gasteiger charge is 2.24. The van der Waals surface area contributed by atoms with Crippen LogP contribution in [0.5, 0.6) is 0 Å². The van der Waals surface area contributed by atoms with E-state index in [1.807, 2.05) is 6.07 Å². The van der Waals surface area contributed by atoms with Crippen LogP contribution in [0.4, 0.5) is 10.1 Å². The molecule has 26 heavy (non-hydrogen) atoms. The van der Waals surface area contributed by atoms with E-state index in [-0.39, 0.29) is 5.82 Å². The van der Waals surface area contributed by atoms with Crippen LogP contribution in [-0.4, -0.2) is 55.6 Å². The Hall–Kier alpha value is -1.13. The summed E-state index contributed by atoms with van der Waals surface area (Å²) in [6, 6.07) is 5.94. The first-order chi connectivity index (χ1) is 12.8. The standard InChI is InChI=1S/C22H34FN3/c23-21-16-20(18-25-10-2-1-3-11-25)6-7-22(21)26-14-8-19(9-15-26)17-24-12-4-5-13-24/h6-7,16,19H,1-5,8-15,17-18H2. The van der Waals surface area contributed by atoms with Crippen LogP contribution in [0, 0.1) is 11.7 Å². The lowest BCUT2D eigenvalue weighted by molar-refractivity contribution is 0.220. The molecule has 3 aliphatic rings. The molecule has 144 valence electrons. The van der Waals surface area contributed by atoms with Crippen molar-refractivity contribution in [3.05, 3.63) is 29.6 Å². The van der Waals surface area contributed by atoms with Crippen molar-refractivity contribution in [3.63, 3.8) is 0 Å². The van der Waals surface area contributed by atoms with Gasteiger partial charge in [0.1, 0.15) is 5.82 Å². The van der Waals surface area contributed by atoms with Crippen molar-refractivity contribution in [1.29, 1.82) is 0 Å². The third kappa shape index (κ3) is 4.58. The van der Waals surface area contributed by atoms with Gasteiger partial charge in [0.05, 0.1) is 5.69 Å². The molecular formula is C22H34FN3. The molecule has 0 aliphatic carbocycles. The maximum Gasteiger partial charge on any atom is 0.146 e. The Morgan fingerprint density at radius 3 is 2.15 bits per heavy atom. The normalized spacial score (nSPS) is 23.7. The molecule has 1 aromatic rings. The van der Waals surface area contributed by atoms with Gasteiger partial charge in [0.25, 0.3) is 0 Å². The van der Waals surface area contributed by atoms with E-state index in [9.17, 15) is 4.39 Å². The highest BCUT2D eigenvalue weighted by atomic mass is 19.1. The van der Waals surface area contributed by atoms with Crippen LogP contribution in [0.1, 0.15) is 50.5 Å². The summed E-state index contributed by atoms with van der Waals surface area (Å²) in [6.07, 6.45) is 9.05. The first kappa shape index (κ1) is 18.2. The third-order valence-corrected chi connectivity index (χ3v) is 6.54. The summed E-state index contributed by atoms with van der Waals surface area (Å²) in [7, 11) is 0. The Morgan fingerprint density at radius 1 is 0.808 bits per heavy atom. The summed E-state index contributed by atoms with van der Waals surface area (Å²) < 4.78 is 14.7. The molecule has 0 N–H and O–H groups in total. The van der Waals surface area contributed by atoms with Gasteiger partial charge in [-0.2, -0.15) is 0 Å². The third-order valence-electron chi connectivity index (χ3n) is 6.54. The summed E-state index contributed by atoms with van der Waals surface area (Å²) in [5, 5.41) is 0. The maximum atomic E-state index is 14.7. The van der Waals surface area contributed by atoms with Gasteiger partial charge in [0.15, 0.2) is 0 Å². The van der Waals surface area contributed by atoms with Crippen LogP contribution in [-0.2, 0) is 6.54 Å². The number of halogens is 1. The Morgan fingerprint density at radius 2 is 1.46 bits per heavy atom. The van der Waals surface area contributed by atoms with Crippen molar-refractivity contribution in [3.8, 4) is 0 Å². The van der Waals surface area contributed by atoms with Gasteiger partial charge in [0, 0.05) is 26.2 Å². The van der Waals surface area contributed by atoms with E-state index in [2.05, 4.69) is 20.8 Å². The van der Waals surface area contributed by atoms with Gasteiger partial charge in [0.2, 0.25) is 0 Å². The Bertz CT molecular complexity index is 571. The monoisotopic (exact) mass is 359 g/mol. The number of nitrogens with zero attached hydrogens (tertiary/aromatic N) is 3. The second kappa shape index (κ2) is 8.71. The van der Waals surface area contributed by atoms with E-state index in [1.54, 1.807) is 6.07 Å². The molecule has 0 radical (unpaired) electrons.